The van der Waals surface area contributed by atoms with Crippen LogP contribution in [-0.4, -0.2) is 29.6 Å². The van der Waals surface area contributed by atoms with E-state index in [1.54, 1.807) is 40.8 Å². The van der Waals surface area contributed by atoms with Crippen molar-refractivity contribution < 1.29 is 18.0 Å². The van der Waals surface area contributed by atoms with Crippen LogP contribution in [0.25, 0.3) is 70.5 Å². The number of carbonyl (C=O) groups excluding carboxylic acids is 2. The van der Waals surface area contributed by atoms with E-state index < -0.39 is 21.7 Å². The molecule has 0 saturated heterocycles. The van der Waals surface area contributed by atoms with Crippen LogP contribution in [0.5, 0.6) is 0 Å². The molecule has 9 heteroatoms. The van der Waals surface area contributed by atoms with Crippen LogP contribution in [0.1, 0.15) is 34.6 Å². The molecule has 0 saturated carbocycles. The number of aromatic nitrogens is 2. The predicted molar refractivity (Wildman–Crippen MR) is 183 cm³/mol. The van der Waals surface area contributed by atoms with Crippen LogP contribution < -0.4 is 10.5 Å². The summed E-state index contributed by atoms with van der Waals surface area (Å²) in [4.78, 5) is 48.2. The number of sulfone groups is 1. The van der Waals surface area contributed by atoms with E-state index in [-0.39, 0.29) is 26.3 Å². The molecule has 47 heavy (non-hydrogen) atoms. The number of nitrogens with zero attached hydrogens (tertiary/aromatic N) is 3. The van der Waals surface area contributed by atoms with E-state index >= 15 is 0 Å². The number of imide groups is 1. The molecule has 7 aromatic carbocycles. The topological polar surface area (TPSA) is 106 Å². The van der Waals surface area contributed by atoms with Crippen LogP contribution in [-0.2, 0) is 9.84 Å². The van der Waals surface area contributed by atoms with Crippen LogP contribution in [0.2, 0.25) is 0 Å². The van der Waals surface area contributed by atoms with Crippen molar-refractivity contribution in [2.45, 2.75) is 23.6 Å². The molecule has 4 heterocycles. The number of para-hydroxylation sites is 3. The number of pyridine rings is 1. The van der Waals surface area contributed by atoms with Gasteiger partial charge in [-0.05, 0) is 59.3 Å². The van der Waals surface area contributed by atoms with E-state index in [1.807, 2.05) is 56.3 Å². The largest absolute Gasteiger partial charge is 0.268 e. The summed E-state index contributed by atoms with van der Waals surface area (Å²) in [6.07, 6.45) is 0. The summed E-state index contributed by atoms with van der Waals surface area (Å²) in [7, 11) is -4.15. The van der Waals surface area contributed by atoms with Gasteiger partial charge in [-0.3, -0.25) is 18.8 Å². The second-order valence-electron chi connectivity index (χ2n) is 11.8. The molecule has 2 amide bonds. The van der Waals surface area contributed by atoms with Crippen LogP contribution in [0, 0.1) is 0 Å². The smallest absolute Gasteiger partial charge is 0.266 e. The fourth-order valence-electron chi connectivity index (χ4n) is 7.95. The summed E-state index contributed by atoms with van der Waals surface area (Å²) in [6.45, 7) is 4.00. The van der Waals surface area contributed by atoms with Gasteiger partial charge in [-0.15, -0.1) is 0 Å². The molecule has 0 bridgehead atoms. The second-order valence-corrected chi connectivity index (χ2v) is 13.7. The van der Waals surface area contributed by atoms with Crippen molar-refractivity contribution in [3.05, 3.63) is 112 Å². The first-order valence-corrected chi connectivity index (χ1v) is 16.8. The van der Waals surface area contributed by atoms with E-state index in [9.17, 15) is 22.8 Å². The molecule has 0 atom stereocenters. The number of imidazole rings is 1. The number of fused-ring (bicyclic) bond motifs is 5. The van der Waals surface area contributed by atoms with E-state index in [1.165, 1.54) is 12.1 Å². The van der Waals surface area contributed by atoms with Gasteiger partial charge in [0, 0.05) is 43.3 Å². The number of anilines is 1. The maximum atomic E-state index is 14.4. The Kier molecular flexibility index (Phi) is 4.73. The normalized spacial score (nSPS) is 15.1. The monoisotopic (exact) mass is 631 g/mol. The SMILES string of the molecule is CC.O=C1c2ccc3c4ccc5c6c(cc7c(c8c(cc(c2c38)C(=O)N1c1ccccc1)S7(=O)=O)c46)c(=O)n1c2ccccc2nc51. The number of hydrogen-bond donors (Lipinski definition) is 0. The van der Waals surface area contributed by atoms with E-state index in [0.29, 0.717) is 65.6 Å². The summed E-state index contributed by atoms with van der Waals surface area (Å²) in [6, 6.07) is 26.3. The molecule has 2 aromatic heterocycles. The molecular formula is C38H21N3O5S. The molecule has 0 N–H and O–H groups in total. The predicted octanol–water partition coefficient (Wildman–Crippen LogP) is 7.46. The molecule has 11 rings (SSSR count). The minimum Gasteiger partial charge on any atom is -0.268 e. The Morgan fingerprint density at radius 1 is 0.574 bits per heavy atom. The number of amides is 2. The van der Waals surface area contributed by atoms with Gasteiger partial charge < -0.3 is 0 Å². The van der Waals surface area contributed by atoms with Crippen molar-refractivity contribution in [3.8, 4) is 0 Å². The van der Waals surface area contributed by atoms with Crippen LogP contribution in [0.3, 0.4) is 0 Å². The maximum absolute atomic E-state index is 14.4. The summed E-state index contributed by atoms with van der Waals surface area (Å²) < 4.78 is 30.4. The maximum Gasteiger partial charge on any atom is 0.266 e. The lowest BCUT2D eigenvalue weighted by molar-refractivity contribution is 0.0893. The molecule has 2 aliphatic heterocycles. The van der Waals surface area contributed by atoms with Crippen molar-refractivity contribution >= 4 is 97.9 Å². The number of benzene rings is 7. The summed E-state index contributed by atoms with van der Waals surface area (Å²) in [5.74, 6) is -1.05. The molecule has 0 spiro atoms. The Morgan fingerprint density at radius 3 is 1.96 bits per heavy atom. The Labute approximate surface area is 265 Å². The lowest BCUT2D eigenvalue weighted by atomic mass is 9.83. The standard InChI is InChI=1S/C36H15N3O5S.C2H6/c40-34-20-13-11-18-17-10-12-19-27-21(36(42)39-24-9-5-4-8-23(24)37-33(19)39)14-25-31(29(17)27)32-26(45(25,43)44)15-22(28(20)30(18)32)35(41)38(34)16-6-2-1-3-7-16;1-2/h1-15H;1-2H3. The molecule has 0 fully saturated rings. The quantitative estimate of drug-likeness (QED) is 0.106. The van der Waals surface area contributed by atoms with E-state index in [4.69, 9.17) is 4.98 Å². The summed E-state index contributed by atoms with van der Waals surface area (Å²) >= 11 is 0. The molecule has 2 aliphatic rings. The molecule has 224 valence electrons. The van der Waals surface area contributed by atoms with Crippen molar-refractivity contribution in [1.82, 2.24) is 9.38 Å². The zero-order valence-corrected chi connectivity index (χ0v) is 25.8. The lowest BCUT2D eigenvalue weighted by Crippen LogP contribution is -2.40. The zero-order chi connectivity index (χ0) is 32.1. The highest BCUT2D eigenvalue weighted by molar-refractivity contribution is 7.92. The molecular weight excluding hydrogens is 611 g/mol. The Balaban J connectivity index is 0.00000140. The van der Waals surface area contributed by atoms with Crippen molar-refractivity contribution in [2.24, 2.45) is 0 Å². The third kappa shape index (κ3) is 2.84. The first kappa shape index (κ1) is 26.3. The average Bonchev–Trinajstić information content (AvgIpc) is 3.60. The van der Waals surface area contributed by atoms with E-state index in [0.717, 1.165) is 15.7 Å². The van der Waals surface area contributed by atoms with Crippen molar-refractivity contribution in [2.75, 3.05) is 4.90 Å². The van der Waals surface area contributed by atoms with Crippen molar-refractivity contribution in [1.29, 1.82) is 0 Å². The highest BCUT2D eigenvalue weighted by Gasteiger charge is 2.41. The summed E-state index contributed by atoms with van der Waals surface area (Å²) in [5, 5.41) is 5.83. The molecule has 0 unspecified atom stereocenters. The number of hydrogen-bond acceptors (Lipinski definition) is 6. The second kappa shape index (κ2) is 8.45. The lowest BCUT2D eigenvalue weighted by Gasteiger charge is -2.28. The van der Waals surface area contributed by atoms with Gasteiger partial charge in [0.2, 0.25) is 9.84 Å². The Hall–Kier alpha value is -5.93. The Morgan fingerprint density at radius 2 is 1.19 bits per heavy atom. The van der Waals surface area contributed by atoms with Crippen LogP contribution in [0.15, 0.2) is 106 Å². The minimum atomic E-state index is -4.15. The van der Waals surface area contributed by atoms with Gasteiger partial charge in [-0.2, -0.15) is 0 Å². The van der Waals surface area contributed by atoms with Crippen molar-refractivity contribution in [3.63, 3.8) is 0 Å². The number of rotatable bonds is 1. The minimum absolute atomic E-state index is 0.0125. The van der Waals surface area contributed by atoms with Gasteiger partial charge >= 0.3 is 0 Å². The fourth-order valence-corrected chi connectivity index (χ4v) is 9.68. The van der Waals surface area contributed by atoms with Gasteiger partial charge in [0.05, 0.1) is 37.5 Å². The molecule has 0 aliphatic carbocycles. The molecule has 0 radical (unpaired) electrons. The van der Waals surface area contributed by atoms with Gasteiger partial charge in [0.15, 0.2) is 0 Å². The van der Waals surface area contributed by atoms with Gasteiger partial charge in [-0.25, -0.2) is 18.3 Å². The average molecular weight is 632 g/mol. The first-order chi connectivity index (χ1) is 22.9. The third-order valence-corrected chi connectivity index (χ3v) is 11.5. The van der Waals surface area contributed by atoms with Crippen LogP contribution >= 0.6 is 0 Å². The van der Waals surface area contributed by atoms with Gasteiger partial charge in [0.25, 0.3) is 17.4 Å². The molecule has 9 aromatic rings. The van der Waals surface area contributed by atoms with Crippen LogP contribution in [0.4, 0.5) is 5.69 Å². The van der Waals surface area contributed by atoms with E-state index in [2.05, 4.69) is 0 Å². The molecule has 8 nitrogen and oxygen atoms in total. The third-order valence-electron chi connectivity index (χ3n) is 9.73. The first-order valence-electron chi connectivity index (χ1n) is 15.4. The summed E-state index contributed by atoms with van der Waals surface area (Å²) in [5.41, 5.74) is 2.37. The highest BCUT2D eigenvalue weighted by Crippen LogP contribution is 2.54. The fraction of sp³-hybridized carbons (Fsp3) is 0.0526. The van der Waals surface area contributed by atoms with Gasteiger partial charge in [-0.1, -0.05) is 56.3 Å². The Bertz CT molecular complexity index is 3110. The number of carbonyl (C=O) groups is 2. The highest BCUT2D eigenvalue weighted by atomic mass is 32.2. The van der Waals surface area contributed by atoms with Gasteiger partial charge in [0.1, 0.15) is 5.65 Å². The zero-order valence-electron chi connectivity index (χ0n) is 25.0.